The summed E-state index contributed by atoms with van der Waals surface area (Å²) < 4.78 is 7.55. The quantitative estimate of drug-likeness (QED) is 0.547. The highest BCUT2D eigenvalue weighted by Crippen LogP contribution is 2.48. The van der Waals surface area contributed by atoms with Crippen molar-refractivity contribution in [2.45, 2.75) is 70.5 Å². The zero-order chi connectivity index (χ0) is 22.9. The van der Waals surface area contributed by atoms with Gasteiger partial charge in [0.2, 0.25) is 5.78 Å². The van der Waals surface area contributed by atoms with Crippen LogP contribution in [-0.2, 0) is 16.1 Å². The topological polar surface area (TPSA) is 101 Å². The number of aromatic amines is 1. The van der Waals surface area contributed by atoms with Crippen LogP contribution in [0.4, 0.5) is 0 Å². The van der Waals surface area contributed by atoms with Gasteiger partial charge in [0.05, 0.1) is 6.61 Å². The van der Waals surface area contributed by atoms with Gasteiger partial charge in [-0.15, -0.1) is 5.10 Å². The van der Waals surface area contributed by atoms with Gasteiger partial charge in [-0.05, 0) is 37.5 Å². The van der Waals surface area contributed by atoms with Gasteiger partial charge >= 0.3 is 0 Å². The predicted molar refractivity (Wildman–Crippen MR) is 125 cm³/mol. The van der Waals surface area contributed by atoms with Crippen molar-refractivity contribution in [2.75, 3.05) is 6.54 Å². The summed E-state index contributed by atoms with van der Waals surface area (Å²) in [5, 5.41) is 7.52. The highest BCUT2D eigenvalue weighted by Gasteiger charge is 2.44. The zero-order valence-electron chi connectivity index (χ0n) is 19.1. The van der Waals surface area contributed by atoms with E-state index in [9.17, 15) is 9.59 Å². The molecule has 1 amide bonds. The van der Waals surface area contributed by atoms with Crippen LogP contribution in [0.1, 0.15) is 64.0 Å². The molecule has 33 heavy (non-hydrogen) atoms. The maximum absolute atomic E-state index is 13.2. The lowest BCUT2D eigenvalue weighted by molar-refractivity contribution is -0.155. The second-order valence-electron chi connectivity index (χ2n) is 9.55. The molecule has 2 saturated carbocycles. The summed E-state index contributed by atoms with van der Waals surface area (Å²) in [6.45, 7) is 3.05. The summed E-state index contributed by atoms with van der Waals surface area (Å²) in [4.78, 5) is 33.6. The Morgan fingerprint density at radius 2 is 1.91 bits per heavy atom. The second-order valence-corrected chi connectivity index (χ2v) is 9.55. The van der Waals surface area contributed by atoms with E-state index in [1.54, 1.807) is 0 Å². The minimum Gasteiger partial charge on any atom is -0.359 e. The molecule has 2 aliphatic rings. The number of aromatic nitrogens is 4. The molecule has 1 aromatic carbocycles. The Hall–Kier alpha value is -3.00. The van der Waals surface area contributed by atoms with E-state index in [1.165, 1.54) is 23.4 Å². The van der Waals surface area contributed by atoms with Crippen molar-refractivity contribution < 1.29 is 9.53 Å². The van der Waals surface area contributed by atoms with Crippen molar-refractivity contribution in [3.8, 4) is 11.4 Å². The summed E-state index contributed by atoms with van der Waals surface area (Å²) >= 11 is 0. The number of rotatable bonds is 8. The summed E-state index contributed by atoms with van der Waals surface area (Å²) in [5.74, 6) is 0.829. The number of fused-ring (bicyclic) bond motifs is 1. The summed E-state index contributed by atoms with van der Waals surface area (Å²) in [6.07, 6.45) is 7.90. The van der Waals surface area contributed by atoms with Crippen LogP contribution in [0, 0.1) is 5.41 Å². The van der Waals surface area contributed by atoms with Crippen LogP contribution in [0.25, 0.3) is 17.2 Å². The molecule has 2 aromatic heterocycles. The van der Waals surface area contributed by atoms with Gasteiger partial charge in [-0.3, -0.25) is 9.59 Å². The van der Waals surface area contributed by atoms with Crippen molar-refractivity contribution >= 4 is 11.7 Å². The molecule has 0 unspecified atom stereocenters. The number of carbonyl (C=O) groups is 1. The number of H-pyrrole nitrogens is 1. The Balaban J connectivity index is 1.34. The van der Waals surface area contributed by atoms with Crippen molar-refractivity contribution in [3.63, 3.8) is 0 Å². The van der Waals surface area contributed by atoms with Gasteiger partial charge in [0.25, 0.3) is 11.5 Å². The van der Waals surface area contributed by atoms with Crippen LogP contribution in [0.2, 0.25) is 0 Å². The smallest absolute Gasteiger partial charge is 0.275 e. The van der Waals surface area contributed by atoms with E-state index in [0.29, 0.717) is 30.1 Å². The number of nitrogens with zero attached hydrogens (tertiary/aromatic N) is 3. The fourth-order valence-electron chi connectivity index (χ4n) is 4.76. The van der Waals surface area contributed by atoms with Crippen molar-refractivity contribution in [1.82, 2.24) is 24.9 Å². The van der Waals surface area contributed by atoms with E-state index in [0.717, 1.165) is 37.8 Å². The Morgan fingerprint density at radius 1 is 1.15 bits per heavy atom. The van der Waals surface area contributed by atoms with E-state index in [4.69, 9.17) is 4.74 Å². The first kappa shape index (κ1) is 21.8. The fraction of sp³-hybridized carbons (Fsp3) is 0.520. The first-order valence-corrected chi connectivity index (χ1v) is 12.0. The average molecular weight is 450 g/mol. The Kier molecular flexibility index (Phi) is 5.78. The third-order valence-electron chi connectivity index (χ3n) is 7.33. The van der Waals surface area contributed by atoms with Crippen molar-refractivity contribution in [3.05, 3.63) is 52.4 Å². The SMILES string of the molecule is CCC1(CNC(=O)C2(OCc3cc(=O)n4nc(-c5ccccc5)nc4[nH]3)CCCCC2)CC1. The molecule has 0 saturated heterocycles. The van der Waals surface area contributed by atoms with Crippen LogP contribution in [0.5, 0.6) is 0 Å². The molecular formula is C25H31N5O3. The first-order chi connectivity index (χ1) is 16.0. The maximum Gasteiger partial charge on any atom is 0.275 e. The number of benzene rings is 1. The number of hydrogen-bond acceptors (Lipinski definition) is 5. The Labute approximate surface area is 192 Å². The lowest BCUT2D eigenvalue weighted by Gasteiger charge is -2.36. The number of carbonyl (C=O) groups excluding carboxylic acids is 1. The Morgan fingerprint density at radius 3 is 2.61 bits per heavy atom. The summed E-state index contributed by atoms with van der Waals surface area (Å²) in [7, 11) is 0. The van der Waals surface area contributed by atoms with Crippen LogP contribution >= 0.6 is 0 Å². The lowest BCUT2D eigenvalue weighted by Crippen LogP contribution is -2.51. The van der Waals surface area contributed by atoms with E-state index in [2.05, 4.69) is 27.3 Å². The maximum atomic E-state index is 13.2. The van der Waals surface area contributed by atoms with Crippen LogP contribution in [-0.4, -0.2) is 37.6 Å². The fourth-order valence-corrected chi connectivity index (χ4v) is 4.76. The molecule has 0 aliphatic heterocycles. The molecule has 8 heteroatoms. The molecule has 0 spiro atoms. The minimum absolute atomic E-state index is 0.0146. The van der Waals surface area contributed by atoms with Crippen molar-refractivity contribution in [1.29, 1.82) is 0 Å². The molecule has 8 nitrogen and oxygen atoms in total. The van der Waals surface area contributed by atoms with Gasteiger partial charge in [0.1, 0.15) is 5.60 Å². The Bertz CT molecular complexity index is 1190. The first-order valence-electron chi connectivity index (χ1n) is 12.0. The molecule has 2 N–H and O–H groups in total. The van der Waals surface area contributed by atoms with E-state index in [1.807, 2.05) is 30.3 Å². The summed E-state index contributed by atoms with van der Waals surface area (Å²) in [6, 6.07) is 11.0. The van der Waals surface area contributed by atoms with E-state index >= 15 is 0 Å². The monoisotopic (exact) mass is 449 g/mol. The number of amides is 1. The second kappa shape index (κ2) is 8.74. The van der Waals surface area contributed by atoms with Gasteiger partial charge in [-0.2, -0.15) is 9.50 Å². The van der Waals surface area contributed by atoms with E-state index in [-0.39, 0.29) is 23.5 Å². The van der Waals surface area contributed by atoms with E-state index < -0.39 is 5.60 Å². The third-order valence-corrected chi connectivity index (χ3v) is 7.33. The number of ether oxygens (including phenoxy) is 1. The number of nitrogens with one attached hydrogen (secondary N) is 2. The van der Waals surface area contributed by atoms with Crippen LogP contribution < -0.4 is 10.9 Å². The highest BCUT2D eigenvalue weighted by atomic mass is 16.5. The lowest BCUT2D eigenvalue weighted by atomic mass is 9.83. The predicted octanol–water partition coefficient (Wildman–Crippen LogP) is 3.61. The minimum atomic E-state index is -0.839. The van der Waals surface area contributed by atoms with Crippen LogP contribution in [0.3, 0.4) is 0 Å². The van der Waals surface area contributed by atoms with Gasteiger partial charge in [0, 0.05) is 23.9 Å². The molecule has 0 atom stereocenters. The highest BCUT2D eigenvalue weighted by molar-refractivity contribution is 5.85. The molecular weight excluding hydrogens is 418 g/mol. The molecule has 5 rings (SSSR count). The average Bonchev–Trinajstić information content (AvgIpc) is 3.51. The molecule has 174 valence electrons. The largest absolute Gasteiger partial charge is 0.359 e. The summed E-state index contributed by atoms with van der Waals surface area (Å²) in [5.41, 5.74) is 0.590. The molecule has 0 radical (unpaired) electrons. The van der Waals surface area contributed by atoms with Gasteiger partial charge in [-0.1, -0.05) is 56.5 Å². The zero-order valence-corrected chi connectivity index (χ0v) is 19.1. The third kappa shape index (κ3) is 4.44. The van der Waals surface area contributed by atoms with Crippen LogP contribution in [0.15, 0.2) is 41.2 Å². The molecule has 2 fully saturated rings. The molecule has 2 heterocycles. The number of hydrogen-bond donors (Lipinski definition) is 2. The normalized spacial score (nSPS) is 18.8. The van der Waals surface area contributed by atoms with Gasteiger partial charge < -0.3 is 15.0 Å². The standard InChI is InChI=1S/C25H31N5O3/c1-2-24(13-14-24)17-26-22(32)25(11-7-4-8-12-25)33-16-19-15-20(31)30-23(27-19)28-21(29-30)18-9-5-3-6-10-18/h3,5-6,9-10,15H,2,4,7-8,11-14,16-17H2,1H3,(H,26,32)(H,27,28,29). The van der Waals surface area contributed by atoms with Gasteiger partial charge in [-0.25, -0.2) is 0 Å². The van der Waals surface area contributed by atoms with Gasteiger partial charge in [0.15, 0.2) is 5.82 Å². The molecule has 3 aromatic rings. The molecule has 0 bridgehead atoms. The van der Waals surface area contributed by atoms with Crippen molar-refractivity contribution in [2.24, 2.45) is 5.41 Å². The molecule has 2 aliphatic carbocycles.